The van der Waals surface area contributed by atoms with Crippen LogP contribution in [0.4, 0.5) is 5.69 Å². The predicted octanol–water partition coefficient (Wildman–Crippen LogP) is 1.77. The molecule has 1 aliphatic rings. The van der Waals surface area contributed by atoms with E-state index in [0.29, 0.717) is 6.04 Å². The third-order valence-electron chi connectivity index (χ3n) is 3.61. The van der Waals surface area contributed by atoms with Gasteiger partial charge in [0.05, 0.1) is 18.1 Å². The van der Waals surface area contributed by atoms with Crippen LogP contribution in [0.1, 0.15) is 12.8 Å². The number of hydrogen-bond donors (Lipinski definition) is 1. The van der Waals surface area contributed by atoms with Gasteiger partial charge in [-0.25, -0.2) is 0 Å². The molecule has 1 N–H and O–H groups in total. The highest BCUT2D eigenvalue weighted by Gasteiger charge is 2.15. The zero-order valence-electron chi connectivity index (χ0n) is 11.2. The van der Waals surface area contributed by atoms with Crippen molar-refractivity contribution in [3.8, 4) is 5.69 Å². The Morgan fingerprint density at radius 3 is 2.32 bits per heavy atom. The zero-order chi connectivity index (χ0) is 13.1. The van der Waals surface area contributed by atoms with Crippen LogP contribution in [0, 0.1) is 0 Å². The van der Waals surface area contributed by atoms with E-state index in [1.165, 1.54) is 31.6 Å². The summed E-state index contributed by atoms with van der Waals surface area (Å²) in [6.07, 6.45) is 5.79. The van der Waals surface area contributed by atoms with Gasteiger partial charge in [-0.05, 0) is 57.2 Å². The molecule has 1 aliphatic heterocycles. The molecule has 0 unspecified atom stereocenters. The molecule has 5 heteroatoms. The third kappa shape index (κ3) is 2.93. The number of aromatic nitrogens is 3. The summed E-state index contributed by atoms with van der Waals surface area (Å²) in [5.41, 5.74) is 2.16. The SMILES string of the molecule is CN1CCC(Nc2ccc(-n3nccn3)cc2)CC1. The highest BCUT2D eigenvalue weighted by molar-refractivity contribution is 5.48. The quantitative estimate of drug-likeness (QED) is 0.910. The van der Waals surface area contributed by atoms with E-state index in [4.69, 9.17) is 0 Å². The van der Waals surface area contributed by atoms with Crippen molar-refractivity contribution >= 4 is 5.69 Å². The first-order valence-electron chi connectivity index (χ1n) is 6.73. The topological polar surface area (TPSA) is 46.0 Å². The van der Waals surface area contributed by atoms with Crippen molar-refractivity contribution in [3.63, 3.8) is 0 Å². The molecule has 0 amide bonds. The van der Waals surface area contributed by atoms with Gasteiger partial charge in [-0.2, -0.15) is 15.0 Å². The molecule has 1 aromatic carbocycles. The molecule has 0 bridgehead atoms. The van der Waals surface area contributed by atoms with Gasteiger partial charge in [0.25, 0.3) is 0 Å². The van der Waals surface area contributed by atoms with E-state index in [9.17, 15) is 0 Å². The lowest BCUT2D eigenvalue weighted by molar-refractivity contribution is 0.264. The lowest BCUT2D eigenvalue weighted by Gasteiger charge is -2.30. The van der Waals surface area contributed by atoms with Crippen LogP contribution in [0.15, 0.2) is 36.7 Å². The zero-order valence-corrected chi connectivity index (χ0v) is 11.2. The van der Waals surface area contributed by atoms with Crippen LogP contribution in [0.25, 0.3) is 5.69 Å². The summed E-state index contributed by atoms with van der Waals surface area (Å²) in [6.45, 7) is 2.35. The van der Waals surface area contributed by atoms with Crippen LogP contribution in [-0.2, 0) is 0 Å². The molecule has 1 fully saturated rings. The summed E-state index contributed by atoms with van der Waals surface area (Å²) in [5, 5.41) is 11.8. The fraction of sp³-hybridized carbons (Fsp3) is 0.429. The lowest BCUT2D eigenvalue weighted by Crippen LogP contribution is -2.36. The minimum atomic E-state index is 0.588. The van der Waals surface area contributed by atoms with Gasteiger partial charge in [-0.3, -0.25) is 0 Å². The highest BCUT2D eigenvalue weighted by Crippen LogP contribution is 2.17. The Kier molecular flexibility index (Phi) is 3.46. The molecule has 2 aromatic rings. The second-order valence-corrected chi connectivity index (χ2v) is 5.09. The molecule has 3 rings (SSSR count). The first-order valence-corrected chi connectivity index (χ1v) is 6.73. The van der Waals surface area contributed by atoms with E-state index >= 15 is 0 Å². The average molecular weight is 257 g/mol. The normalized spacial score (nSPS) is 17.5. The van der Waals surface area contributed by atoms with Crippen LogP contribution in [0.2, 0.25) is 0 Å². The Labute approximate surface area is 113 Å². The summed E-state index contributed by atoms with van der Waals surface area (Å²) in [5.74, 6) is 0. The van der Waals surface area contributed by atoms with Crippen molar-refractivity contribution in [2.45, 2.75) is 18.9 Å². The molecule has 2 heterocycles. The van der Waals surface area contributed by atoms with E-state index in [1.807, 2.05) is 12.1 Å². The molecule has 0 spiro atoms. The molecule has 0 radical (unpaired) electrons. The average Bonchev–Trinajstić information content (AvgIpc) is 2.96. The van der Waals surface area contributed by atoms with Gasteiger partial charge in [0.2, 0.25) is 0 Å². The number of nitrogens with one attached hydrogen (secondary N) is 1. The molecule has 5 nitrogen and oxygen atoms in total. The Balaban J connectivity index is 1.63. The van der Waals surface area contributed by atoms with Crippen molar-refractivity contribution in [1.29, 1.82) is 0 Å². The Morgan fingerprint density at radius 1 is 1.05 bits per heavy atom. The molecule has 0 atom stereocenters. The minimum Gasteiger partial charge on any atom is -0.382 e. The second kappa shape index (κ2) is 5.40. The fourth-order valence-corrected chi connectivity index (χ4v) is 2.43. The molecule has 1 saturated heterocycles. The minimum absolute atomic E-state index is 0.588. The Morgan fingerprint density at radius 2 is 1.68 bits per heavy atom. The summed E-state index contributed by atoms with van der Waals surface area (Å²) in [4.78, 5) is 4.00. The maximum Gasteiger partial charge on any atom is 0.0858 e. The van der Waals surface area contributed by atoms with Gasteiger partial charge in [-0.1, -0.05) is 0 Å². The Bertz CT molecular complexity index is 497. The molecule has 100 valence electrons. The van der Waals surface area contributed by atoms with E-state index in [1.54, 1.807) is 17.2 Å². The lowest BCUT2D eigenvalue weighted by atomic mass is 10.1. The highest BCUT2D eigenvalue weighted by atomic mass is 15.5. The number of nitrogens with zero attached hydrogens (tertiary/aromatic N) is 4. The molecule has 1 aromatic heterocycles. The molecule has 0 aliphatic carbocycles. The van der Waals surface area contributed by atoms with Crippen molar-refractivity contribution in [2.24, 2.45) is 0 Å². The van der Waals surface area contributed by atoms with E-state index in [2.05, 4.69) is 39.6 Å². The molecule has 0 saturated carbocycles. The van der Waals surface area contributed by atoms with E-state index in [-0.39, 0.29) is 0 Å². The number of anilines is 1. The van der Waals surface area contributed by atoms with Crippen molar-refractivity contribution < 1.29 is 0 Å². The number of hydrogen-bond acceptors (Lipinski definition) is 4. The second-order valence-electron chi connectivity index (χ2n) is 5.09. The first-order chi connectivity index (χ1) is 9.31. The van der Waals surface area contributed by atoms with E-state index in [0.717, 1.165) is 5.69 Å². The molecule has 19 heavy (non-hydrogen) atoms. The van der Waals surface area contributed by atoms with Crippen molar-refractivity contribution in [3.05, 3.63) is 36.7 Å². The van der Waals surface area contributed by atoms with Crippen LogP contribution < -0.4 is 5.32 Å². The summed E-state index contributed by atoms with van der Waals surface area (Å²) >= 11 is 0. The van der Waals surface area contributed by atoms with Gasteiger partial charge >= 0.3 is 0 Å². The van der Waals surface area contributed by atoms with Gasteiger partial charge < -0.3 is 10.2 Å². The largest absolute Gasteiger partial charge is 0.382 e. The number of rotatable bonds is 3. The van der Waals surface area contributed by atoms with E-state index < -0.39 is 0 Å². The maximum absolute atomic E-state index is 4.12. The van der Waals surface area contributed by atoms with Crippen molar-refractivity contribution in [2.75, 3.05) is 25.5 Å². The van der Waals surface area contributed by atoms with Crippen LogP contribution in [-0.4, -0.2) is 46.1 Å². The molecular formula is C14H19N5. The van der Waals surface area contributed by atoms with Gasteiger partial charge in [0.1, 0.15) is 0 Å². The number of likely N-dealkylation sites (tertiary alicyclic amines) is 1. The van der Waals surface area contributed by atoms with Crippen LogP contribution in [0.3, 0.4) is 0 Å². The fourth-order valence-electron chi connectivity index (χ4n) is 2.43. The maximum atomic E-state index is 4.12. The van der Waals surface area contributed by atoms with Crippen LogP contribution in [0.5, 0.6) is 0 Å². The van der Waals surface area contributed by atoms with Gasteiger partial charge in [0, 0.05) is 11.7 Å². The third-order valence-corrected chi connectivity index (χ3v) is 3.61. The Hall–Kier alpha value is -1.88. The smallest absolute Gasteiger partial charge is 0.0858 e. The molecular weight excluding hydrogens is 238 g/mol. The standard InChI is InChI=1S/C14H19N5/c1-18-10-6-13(7-11-18)17-12-2-4-14(5-3-12)19-15-8-9-16-19/h2-5,8-9,13,17H,6-7,10-11H2,1H3. The van der Waals surface area contributed by atoms with Crippen molar-refractivity contribution in [1.82, 2.24) is 19.9 Å². The number of benzene rings is 1. The predicted molar refractivity (Wildman–Crippen MR) is 75.5 cm³/mol. The van der Waals surface area contributed by atoms with Gasteiger partial charge in [0.15, 0.2) is 0 Å². The first kappa shape index (κ1) is 12.2. The summed E-state index contributed by atoms with van der Waals surface area (Å²) < 4.78 is 0. The summed E-state index contributed by atoms with van der Waals surface area (Å²) in [6, 6.07) is 8.85. The van der Waals surface area contributed by atoms with Gasteiger partial charge in [-0.15, -0.1) is 0 Å². The monoisotopic (exact) mass is 257 g/mol. The number of piperidine rings is 1. The van der Waals surface area contributed by atoms with Crippen LogP contribution >= 0.6 is 0 Å². The summed E-state index contributed by atoms with van der Waals surface area (Å²) in [7, 11) is 2.18.